The number of fused-ring (bicyclic) bond motifs is 4. The minimum atomic E-state index is -4.22. The summed E-state index contributed by atoms with van der Waals surface area (Å²) in [5, 5.41) is 11.7. The van der Waals surface area contributed by atoms with Crippen molar-refractivity contribution in [1.82, 2.24) is 14.7 Å². The number of carbonyl (C=O) groups is 4. The van der Waals surface area contributed by atoms with Gasteiger partial charge in [0.2, 0.25) is 0 Å². The third-order valence-corrected chi connectivity index (χ3v) is 14.8. The Bertz CT molecular complexity index is 2630. The molecule has 0 aromatic heterocycles. The highest BCUT2D eigenvalue weighted by molar-refractivity contribution is 6.07. The first-order chi connectivity index (χ1) is 35.1. The van der Waals surface area contributed by atoms with Crippen LogP contribution < -0.4 is 28.7 Å². The third-order valence-electron chi connectivity index (χ3n) is 14.8. The van der Waals surface area contributed by atoms with E-state index >= 15 is 0 Å². The number of likely N-dealkylation sites (tertiary alicyclic amines) is 1. The number of piperidine rings is 1. The molecule has 390 valence electrons. The fraction of sp³-hybridized carbons (Fsp3) is 0.481. The molecule has 2 saturated heterocycles. The van der Waals surface area contributed by atoms with Crippen LogP contribution in [0.25, 0.3) is 5.57 Å². The Kier molecular flexibility index (Phi) is 15.0. The number of aliphatic hydroxyl groups is 1. The molecule has 0 bridgehead atoms. The quantitative estimate of drug-likeness (QED) is 0.101. The van der Waals surface area contributed by atoms with Crippen molar-refractivity contribution in [2.45, 2.75) is 88.2 Å². The molecule has 16 nitrogen and oxygen atoms in total. The molecule has 3 aromatic rings. The number of hydrogen-bond donors (Lipinski definition) is 1. The van der Waals surface area contributed by atoms with Gasteiger partial charge in [-0.25, -0.2) is 14.5 Å². The lowest BCUT2D eigenvalue weighted by molar-refractivity contribution is -0.147. The molecule has 73 heavy (non-hydrogen) atoms. The number of carbonyl (C=O) groups excluding carboxylic acids is 4. The Morgan fingerprint density at radius 1 is 0.808 bits per heavy atom. The summed E-state index contributed by atoms with van der Waals surface area (Å²) in [6.45, 7) is 8.16. The number of benzene rings is 3. The lowest BCUT2D eigenvalue weighted by Crippen LogP contribution is -2.50. The molecule has 9 rings (SSSR count). The zero-order valence-corrected chi connectivity index (χ0v) is 41.2. The van der Waals surface area contributed by atoms with Crippen molar-refractivity contribution in [3.8, 4) is 23.0 Å². The van der Waals surface area contributed by atoms with Gasteiger partial charge >= 0.3 is 18.4 Å². The number of hydrogen-bond acceptors (Lipinski definition) is 12. The van der Waals surface area contributed by atoms with Gasteiger partial charge in [0.1, 0.15) is 13.2 Å². The second-order valence-electron chi connectivity index (χ2n) is 19.6. The molecule has 1 spiro atoms. The molecule has 4 amide bonds. The van der Waals surface area contributed by atoms with Crippen molar-refractivity contribution in [3.63, 3.8) is 0 Å². The van der Waals surface area contributed by atoms with E-state index in [0.29, 0.717) is 87.5 Å². The molecule has 3 atom stereocenters. The standard InChI is InChI=1S/C54H62F3N5O11/c1-5-20-72-51(66)60-31-38-24-37(35-12-10-34(11-13-35)36-14-18-58(19-15-36)33-54(55,56)57)30-59(38)48(63)39-25-44(68-3)46(27-41(39)60)70-22-8-7-9-23-71-47-28-42-40(26-45(47)69-4)49(64)61-32-53(16-17-53)29-43(61)50(65)62(42)52(67)73-21-6-2/h5-6,10-13,25-28,30,36,38,43,50,65H,1-2,7-9,14-24,29,31-33H2,3-4H3/t38-,43-,50?/m0/s1. The summed E-state index contributed by atoms with van der Waals surface area (Å²) in [6, 6.07) is 13.2. The normalized spacial score (nSPS) is 21.3. The second-order valence-corrected chi connectivity index (χ2v) is 19.6. The molecule has 5 heterocycles. The SMILES string of the molecule is C=CCOC(=O)N1C[C@@H]2CC(c3ccc(C4CCN(CC(F)(F)F)CC4)cc3)=CN2C(=O)c2cc(OC)c(OCCCCCOc3cc4c(cc3OC)C(=O)N3CC5(CC5)C[C@H]3C(O)N4C(=O)OCC=C)cc21. The maximum Gasteiger partial charge on any atom is 0.416 e. The lowest BCUT2D eigenvalue weighted by atomic mass is 9.88. The number of methoxy groups -OCH3 is 2. The molecule has 5 aliphatic heterocycles. The summed E-state index contributed by atoms with van der Waals surface area (Å²) in [7, 11) is 2.94. The third kappa shape index (κ3) is 10.8. The fourth-order valence-corrected chi connectivity index (χ4v) is 10.9. The van der Waals surface area contributed by atoms with Crippen LogP contribution >= 0.6 is 0 Å². The highest BCUT2D eigenvalue weighted by Gasteiger charge is 2.58. The molecule has 0 radical (unpaired) electrons. The number of amides is 4. The van der Waals surface area contributed by atoms with Gasteiger partial charge in [0, 0.05) is 24.9 Å². The summed E-state index contributed by atoms with van der Waals surface area (Å²) in [5.74, 6) is 0.717. The van der Waals surface area contributed by atoms with E-state index in [9.17, 15) is 37.5 Å². The average Bonchev–Trinajstić information content (AvgIpc) is 3.89. The van der Waals surface area contributed by atoms with Crippen molar-refractivity contribution in [3.05, 3.63) is 102 Å². The Labute approximate surface area is 422 Å². The number of aliphatic hydroxyl groups excluding tert-OH is 1. The van der Waals surface area contributed by atoms with E-state index in [-0.39, 0.29) is 78.7 Å². The zero-order valence-electron chi connectivity index (χ0n) is 41.2. The first-order valence-electron chi connectivity index (χ1n) is 24.9. The smallest absolute Gasteiger partial charge is 0.416 e. The Morgan fingerprint density at radius 2 is 1.41 bits per heavy atom. The van der Waals surface area contributed by atoms with Crippen molar-refractivity contribution < 1.29 is 65.9 Å². The topological polar surface area (TPSA) is 160 Å². The summed E-state index contributed by atoms with van der Waals surface area (Å²) < 4.78 is 73.6. The Balaban J connectivity index is 0.845. The fourth-order valence-electron chi connectivity index (χ4n) is 10.9. The first-order valence-corrected chi connectivity index (χ1v) is 24.9. The molecule has 3 aromatic carbocycles. The van der Waals surface area contributed by atoms with Crippen LogP contribution in [0.4, 0.5) is 34.1 Å². The highest BCUT2D eigenvalue weighted by Crippen LogP contribution is 2.57. The van der Waals surface area contributed by atoms with E-state index in [1.54, 1.807) is 28.0 Å². The molecule has 1 saturated carbocycles. The van der Waals surface area contributed by atoms with Gasteiger partial charge in [-0.15, -0.1) is 0 Å². The molecule has 1 N–H and O–H groups in total. The van der Waals surface area contributed by atoms with Crippen molar-refractivity contribution in [2.24, 2.45) is 5.41 Å². The second kappa shape index (κ2) is 21.4. The van der Waals surface area contributed by atoms with E-state index < -0.39 is 43.2 Å². The van der Waals surface area contributed by atoms with Crippen LogP contribution in [0.1, 0.15) is 95.5 Å². The summed E-state index contributed by atoms with van der Waals surface area (Å²) in [6.07, 6.45) is 3.72. The van der Waals surface area contributed by atoms with Crippen molar-refractivity contribution in [1.29, 1.82) is 0 Å². The number of alkyl halides is 3. The molecule has 19 heteroatoms. The average molecular weight is 1010 g/mol. The molecular weight excluding hydrogens is 952 g/mol. The zero-order chi connectivity index (χ0) is 51.6. The highest BCUT2D eigenvalue weighted by atomic mass is 19.4. The van der Waals surface area contributed by atoms with Crippen molar-refractivity contribution in [2.75, 3.05) is 83.2 Å². The van der Waals surface area contributed by atoms with Gasteiger partial charge < -0.3 is 43.3 Å². The predicted molar refractivity (Wildman–Crippen MR) is 264 cm³/mol. The number of anilines is 2. The molecule has 6 aliphatic rings. The van der Waals surface area contributed by atoms with Crippen LogP contribution in [0.5, 0.6) is 23.0 Å². The summed E-state index contributed by atoms with van der Waals surface area (Å²) in [5.41, 5.74) is 3.71. The van der Waals surface area contributed by atoms with Crippen LogP contribution in [0, 0.1) is 5.41 Å². The minimum Gasteiger partial charge on any atom is -0.493 e. The van der Waals surface area contributed by atoms with E-state index in [0.717, 1.165) is 34.4 Å². The number of unbranched alkanes of at least 4 members (excludes halogenated alkanes) is 2. The minimum absolute atomic E-state index is 0.0408. The van der Waals surface area contributed by atoms with Crippen molar-refractivity contribution >= 4 is 40.9 Å². The van der Waals surface area contributed by atoms with E-state index in [1.165, 1.54) is 42.2 Å². The van der Waals surface area contributed by atoms with Crippen LogP contribution in [-0.4, -0.2) is 142 Å². The lowest BCUT2D eigenvalue weighted by Gasteiger charge is -2.32. The summed E-state index contributed by atoms with van der Waals surface area (Å²) in [4.78, 5) is 63.0. The van der Waals surface area contributed by atoms with Gasteiger partial charge in [-0.3, -0.25) is 19.4 Å². The number of ether oxygens (including phenoxy) is 6. The van der Waals surface area contributed by atoms with Gasteiger partial charge in [0.15, 0.2) is 29.2 Å². The maximum atomic E-state index is 14.4. The summed E-state index contributed by atoms with van der Waals surface area (Å²) >= 11 is 0. The van der Waals surface area contributed by atoms with Gasteiger partial charge in [-0.2, -0.15) is 13.2 Å². The van der Waals surface area contributed by atoms with Gasteiger partial charge in [-0.1, -0.05) is 49.6 Å². The van der Waals surface area contributed by atoms with E-state index in [2.05, 4.69) is 13.2 Å². The maximum absolute atomic E-state index is 14.4. The van der Waals surface area contributed by atoms with Gasteiger partial charge in [0.25, 0.3) is 11.8 Å². The van der Waals surface area contributed by atoms with E-state index in [4.69, 9.17) is 28.4 Å². The number of rotatable bonds is 17. The van der Waals surface area contributed by atoms with Gasteiger partial charge in [-0.05, 0) is 111 Å². The van der Waals surface area contributed by atoms with Crippen LogP contribution in [-0.2, 0) is 9.47 Å². The van der Waals surface area contributed by atoms with Crippen LogP contribution in [0.15, 0.2) is 80.0 Å². The number of halogens is 3. The van der Waals surface area contributed by atoms with E-state index in [1.807, 2.05) is 30.5 Å². The molecular formula is C54H62F3N5O11. The Hall–Kier alpha value is -6.73. The van der Waals surface area contributed by atoms with Crippen LogP contribution in [0.3, 0.4) is 0 Å². The molecule has 1 aliphatic carbocycles. The van der Waals surface area contributed by atoms with Gasteiger partial charge in [0.05, 0.1) is 75.1 Å². The number of nitrogens with zero attached hydrogens (tertiary/aromatic N) is 5. The Morgan fingerprint density at radius 3 is 2.00 bits per heavy atom. The molecule has 1 unspecified atom stereocenters. The largest absolute Gasteiger partial charge is 0.493 e. The monoisotopic (exact) mass is 1010 g/mol. The van der Waals surface area contributed by atoms with Crippen LogP contribution in [0.2, 0.25) is 0 Å². The molecule has 3 fully saturated rings. The predicted octanol–water partition coefficient (Wildman–Crippen LogP) is 8.93. The first kappa shape index (κ1) is 51.2.